The summed E-state index contributed by atoms with van der Waals surface area (Å²) in [4.78, 5) is 0. The van der Waals surface area contributed by atoms with Crippen LogP contribution in [-0.4, -0.2) is 12.2 Å². The minimum Gasteiger partial charge on any atom is -0.366 e. The Morgan fingerprint density at radius 3 is 3.18 bits per heavy atom. The molecule has 4 unspecified atom stereocenters. The third-order valence-electron chi connectivity index (χ3n) is 3.90. The summed E-state index contributed by atoms with van der Waals surface area (Å²) >= 11 is 0. The van der Waals surface area contributed by atoms with Crippen LogP contribution in [-0.2, 0) is 4.74 Å². The molecule has 0 aromatic carbocycles. The van der Waals surface area contributed by atoms with E-state index in [0.717, 1.165) is 5.92 Å². The second-order valence-electron chi connectivity index (χ2n) is 4.41. The van der Waals surface area contributed by atoms with Crippen molar-refractivity contribution in [3.05, 3.63) is 12.2 Å². The smallest absolute Gasteiger partial charge is 0.0822 e. The summed E-state index contributed by atoms with van der Waals surface area (Å²) in [5, 5.41) is 0. The van der Waals surface area contributed by atoms with Gasteiger partial charge in [-0.3, -0.25) is 0 Å². The van der Waals surface area contributed by atoms with Gasteiger partial charge in [-0.05, 0) is 18.8 Å². The van der Waals surface area contributed by atoms with Gasteiger partial charge < -0.3 is 4.74 Å². The zero-order valence-electron chi connectivity index (χ0n) is 6.92. The first-order valence-corrected chi connectivity index (χ1v) is 4.64. The highest BCUT2D eigenvalue weighted by Gasteiger charge is 2.56. The molecule has 60 valence electrons. The molecular weight excluding hydrogens is 136 g/mol. The van der Waals surface area contributed by atoms with E-state index in [9.17, 15) is 0 Å². The standard InChI is InChI=1S/C10H14O/c1-10-6-2-3-7(10)8-4-5-9(10)11-8/h4-5,7-9H,2-3,6H2,1H3. The highest BCUT2D eigenvalue weighted by Crippen LogP contribution is 2.57. The van der Waals surface area contributed by atoms with Crippen LogP contribution >= 0.6 is 0 Å². The van der Waals surface area contributed by atoms with Crippen molar-refractivity contribution >= 4 is 0 Å². The molecule has 0 spiro atoms. The number of rotatable bonds is 0. The Morgan fingerprint density at radius 2 is 2.36 bits per heavy atom. The van der Waals surface area contributed by atoms with Crippen molar-refractivity contribution in [1.29, 1.82) is 0 Å². The van der Waals surface area contributed by atoms with Gasteiger partial charge in [-0.1, -0.05) is 25.5 Å². The second kappa shape index (κ2) is 1.71. The summed E-state index contributed by atoms with van der Waals surface area (Å²) in [6, 6.07) is 0. The van der Waals surface area contributed by atoms with E-state index in [0.29, 0.717) is 17.6 Å². The minimum absolute atomic E-state index is 0.458. The molecule has 1 aliphatic carbocycles. The second-order valence-corrected chi connectivity index (χ2v) is 4.41. The summed E-state index contributed by atoms with van der Waals surface area (Å²) in [6.07, 6.45) is 9.66. The maximum Gasteiger partial charge on any atom is 0.0822 e. The Bertz CT molecular complexity index is 221. The van der Waals surface area contributed by atoms with Crippen molar-refractivity contribution in [2.45, 2.75) is 38.4 Å². The van der Waals surface area contributed by atoms with Gasteiger partial charge in [-0.15, -0.1) is 0 Å². The molecule has 1 nitrogen and oxygen atoms in total. The lowest BCUT2D eigenvalue weighted by Gasteiger charge is -2.29. The number of hydrogen-bond donors (Lipinski definition) is 0. The highest BCUT2D eigenvalue weighted by atomic mass is 16.5. The molecule has 0 aromatic heterocycles. The van der Waals surface area contributed by atoms with E-state index in [1.165, 1.54) is 19.3 Å². The fourth-order valence-corrected chi connectivity index (χ4v) is 3.19. The number of hydrogen-bond acceptors (Lipinski definition) is 1. The van der Waals surface area contributed by atoms with Gasteiger partial charge in [0.05, 0.1) is 12.2 Å². The van der Waals surface area contributed by atoms with Crippen molar-refractivity contribution in [1.82, 2.24) is 0 Å². The molecule has 2 aliphatic heterocycles. The summed E-state index contributed by atoms with van der Waals surface area (Å²) in [5.74, 6) is 0.845. The van der Waals surface area contributed by atoms with Crippen LogP contribution in [0, 0.1) is 11.3 Å². The lowest BCUT2D eigenvalue weighted by molar-refractivity contribution is 0.0804. The average molecular weight is 150 g/mol. The molecule has 1 saturated carbocycles. The Labute approximate surface area is 67.4 Å². The van der Waals surface area contributed by atoms with Gasteiger partial charge in [0.1, 0.15) is 0 Å². The molecular formula is C10H14O. The molecule has 0 amide bonds. The lowest BCUT2D eigenvalue weighted by Crippen LogP contribution is -2.30. The van der Waals surface area contributed by atoms with E-state index in [4.69, 9.17) is 4.74 Å². The van der Waals surface area contributed by atoms with Crippen LogP contribution in [0.5, 0.6) is 0 Å². The van der Waals surface area contributed by atoms with E-state index in [1.807, 2.05) is 0 Å². The molecule has 1 saturated heterocycles. The first kappa shape index (κ1) is 6.24. The molecule has 2 bridgehead atoms. The molecule has 2 heterocycles. The van der Waals surface area contributed by atoms with Crippen LogP contribution in [0.25, 0.3) is 0 Å². The average Bonchev–Trinajstić information content (AvgIpc) is 2.54. The lowest BCUT2D eigenvalue weighted by atomic mass is 9.72. The minimum atomic E-state index is 0.458. The zero-order chi connectivity index (χ0) is 7.47. The van der Waals surface area contributed by atoms with Crippen molar-refractivity contribution in [2.75, 3.05) is 0 Å². The van der Waals surface area contributed by atoms with Crippen LogP contribution in [0.15, 0.2) is 12.2 Å². The fraction of sp³-hybridized carbons (Fsp3) is 0.800. The maximum atomic E-state index is 5.83. The molecule has 0 radical (unpaired) electrons. The highest BCUT2D eigenvalue weighted by molar-refractivity contribution is 5.20. The van der Waals surface area contributed by atoms with Crippen molar-refractivity contribution in [3.63, 3.8) is 0 Å². The maximum absolute atomic E-state index is 5.83. The molecule has 3 rings (SSSR count). The van der Waals surface area contributed by atoms with E-state index in [2.05, 4.69) is 19.1 Å². The van der Waals surface area contributed by atoms with Crippen LogP contribution in [0.2, 0.25) is 0 Å². The Hall–Kier alpha value is -0.300. The molecule has 0 aromatic rings. The molecule has 0 N–H and O–H groups in total. The van der Waals surface area contributed by atoms with Gasteiger partial charge >= 0.3 is 0 Å². The van der Waals surface area contributed by atoms with Crippen LogP contribution in [0.1, 0.15) is 26.2 Å². The number of ether oxygens (including phenoxy) is 1. The molecule has 1 heteroatoms. The SMILES string of the molecule is CC12CCCC1C1C=CC2O1. The first-order chi connectivity index (χ1) is 5.31. The van der Waals surface area contributed by atoms with Gasteiger partial charge in [0.25, 0.3) is 0 Å². The van der Waals surface area contributed by atoms with Crippen LogP contribution in [0.4, 0.5) is 0 Å². The van der Waals surface area contributed by atoms with Crippen molar-refractivity contribution in [2.24, 2.45) is 11.3 Å². The van der Waals surface area contributed by atoms with E-state index in [-0.39, 0.29) is 0 Å². The molecule has 2 fully saturated rings. The largest absolute Gasteiger partial charge is 0.366 e. The monoisotopic (exact) mass is 150 g/mol. The van der Waals surface area contributed by atoms with E-state index >= 15 is 0 Å². The summed E-state index contributed by atoms with van der Waals surface area (Å²) in [6.45, 7) is 2.40. The van der Waals surface area contributed by atoms with Gasteiger partial charge in [0.15, 0.2) is 0 Å². The van der Waals surface area contributed by atoms with Crippen LogP contribution < -0.4 is 0 Å². The van der Waals surface area contributed by atoms with Crippen molar-refractivity contribution < 1.29 is 4.74 Å². The van der Waals surface area contributed by atoms with Crippen LogP contribution in [0.3, 0.4) is 0 Å². The fourth-order valence-electron chi connectivity index (χ4n) is 3.19. The Morgan fingerprint density at radius 1 is 1.45 bits per heavy atom. The van der Waals surface area contributed by atoms with E-state index < -0.39 is 0 Å². The van der Waals surface area contributed by atoms with Crippen molar-refractivity contribution in [3.8, 4) is 0 Å². The summed E-state index contributed by atoms with van der Waals surface area (Å²) in [5.41, 5.74) is 0.513. The Balaban J connectivity index is 2.06. The van der Waals surface area contributed by atoms with Gasteiger partial charge in [0.2, 0.25) is 0 Å². The first-order valence-electron chi connectivity index (χ1n) is 4.64. The Kier molecular flexibility index (Phi) is 0.972. The topological polar surface area (TPSA) is 9.23 Å². The predicted octanol–water partition coefficient (Wildman–Crippen LogP) is 2.13. The van der Waals surface area contributed by atoms with Gasteiger partial charge in [0, 0.05) is 5.41 Å². The van der Waals surface area contributed by atoms with Gasteiger partial charge in [-0.2, -0.15) is 0 Å². The molecule has 3 aliphatic rings. The van der Waals surface area contributed by atoms with Gasteiger partial charge in [-0.25, -0.2) is 0 Å². The zero-order valence-corrected chi connectivity index (χ0v) is 6.92. The third-order valence-corrected chi connectivity index (χ3v) is 3.90. The third kappa shape index (κ3) is 0.572. The number of fused-ring (bicyclic) bond motifs is 5. The normalized spacial score (nSPS) is 58.8. The van der Waals surface area contributed by atoms with E-state index in [1.54, 1.807) is 0 Å². The quantitative estimate of drug-likeness (QED) is 0.481. The molecule has 11 heavy (non-hydrogen) atoms. The molecule has 4 atom stereocenters. The predicted molar refractivity (Wildman–Crippen MR) is 43.2 cm³/mol. The summed E-state index contributed by atoms with van der Waals surface area (Å²) in [7, 11) is 0. The summed E-state index contributed by atoms with van der Waals surface area (Å²) < 4.78 is 5.83.